The molecule has 0 aromatic rings. The highest BCUT2D eigenvalue weighted by molar-refractivity contribution is 5.68. The number of carboxylic acids is 1. The molecule has 1 aliphatic rings. The molecule has 1 rings (SSSR count). The van der Waals surface area contributed by atoms with Crippen LogP contribution in [0.15, 0.2) is 12.2 Å². The number of allylic oxidation sites excluding steroid dienone is 1. The van der Waals surface area contributed by atoms with Gasteiger partial charge in [-0.15, -0.1) is 0 Å². The second kappa shape index (κ2) is 5.75. The minimum Gasteiger partial charge on any atom is -0.480 e. The Morgan fingerprint density at radius 2 is 2.31 bits per heavy atom. The standard InChI is InChI=1S/C10H16O3/c11-10(12)8-13-9-6-4-2-1-3-5-7-9/h4,6,9H,1-3,5,7-8H2,(H,11,12)/b6-4-. The van der Waals surface area contributed by atoms with Crippen LogP contribution < -0.4 is 0 Å². The highest BCUT2D eigenvalue weighted by Crippen LogP contribution is 2.13. The third kappa shape index (κ3) is 4.68. The molecule has 0 aromatic heterocycles. The summed E-state index contributed by atoms with van der Waals surface area (Å²) >= 11 is 0. The minimum atomic E-state index is -0.893. The molecule has 0 fully saturated rings. The van der Waals surface area contributed by atoms with E-state index in [0.29, 0.717) is 0 Å². The predicted octanol–water partition coefficient (Wildman–Crippen LogP) is 1.98. The zero-order valence-corrected chi connectivity index (χ0v) is 7.74. The molecule has 74 valence electrons. The molecule has 0 amide bonds. The lowest BCUT2D eigenvalue weighted by Gasteiger charge is -2.14. The normalized spacial score (nSPS) is 26.0. The van der Waals surface area contributed by atoms with Gasteiger partial charge in [-0.1, -0.05) is 25.0 Å². The van der Waals surface area contributed by atoms with Gasteiger partial charge in [-0.3, -0.25) is 0 Å². The number of carbonyl (C=O) groups is 1. The molecule has 0 saturated heterocycles. The maximum absolute atomic E-state index is 10.2. The SMILES string of the molecule is O=C(O)COC1/C=C\CCCCC1. The van der Waals surface area contributed by atoms with Gasteiger partial charge in [-0.05, 0) is 19.3 Å². The van der Waals surface area contributed by atoms with Crippen molar-refractivity contribution in [2.75, 3.05) is 6.61 Å². The van der Waals surface area contributed by atoms with E-state index >= 15 is 0 Å². The van der Waals surface area contributed by atoms with E-state index in [2.05, 4.69) is 6.08 Å². The Labute approximate surface area is 78.4 Å². The first-order chi connectivity index (χ1) is 6.29. The van der Waals surface area contributed by atoms with Gasteiger partial charge in [-0.25, -0.2) is 4.79 Å². The molecule has 13 heavy (non-hydrogen) atoms. The predicted molar refractivity (Wildman–Crippen MR) is 49.6 cm³/mol. The van der Waals surface area contributed by atoms with Crippen LogP contribution in [0.1, 0.15) is 32.1 Å². The maximum atomic E-state index is 10.2. The zero-order chi connectivity index (χ0) is 9.52. The van der Waals surface area contributed by atoms with Crippen LogP contribution in [0.5, 0.6) is 0 Å². The van der Waals surface area contributed by atoms with E-state index in [4.69, 9.17) is 9.84 Å². The van der Waals surface area contributed by atoms with E-state index in [-0.39, 0.29) is 12.7 Å². The summed E-state index contributed by atoms with van der Waals surface area (Å²) in [5.41, 5.74) is 0. The lowest BCUT2D eigenvalue weighted by atomic mass is 10.0. The van der Waals surface area contributed by atoms with Gasteiger partial charge < -0.3 is 9.84 Å². The smallest absolute Gasteiger partial charge is 0.329 e. The largest absolute Gasteiger partial charge is 0.480 e. The topological polar surface area (TPSA) is 46.5 Å². The molecule has 3 heteroatoms. The van der Waals surface area contributed by atoms with E-state index < -0.39 is 5.97 Å². The van der Waals surface area contributed by atoms with Gasteiger partial charge in [-0.2, -0.15) is 0 Å². The van der Waals surface area contributed by atoms with Gasteiger partial charge in [0.1, 0.15) is 6.61 Å². The van der Waals surface area contributed by atoms with Crippen molar-refractivity contribution in [3.63, 3.8) is 0 Å². The van der Waals surface area contributed by atoms with Crippen LogP contribution in [0.25, 0.3) is 0 Å². The van der Waals surface area contributed by atoms with Crippen LogP contribution in [0, 0.1) is 0 Å². The molecular formula is C10H16O3. The van der Waals surface area contributed by atoms with E-state index in [0.717, 1.165) is 19.3 Å². The number of rotatable bonds is 3. The third-order valence-electron chi connectivity index (χ3n) is 2.13. The van der Waals surface area contributed by atoms with Gasteiger partial charge in [0.2, 0.25) is 0 Å². The molecule has 3 nitrogen and oxygen atoms in total. The van der Waals surface area contributed by atoms with Crippen molar-refractivity contribution in [1.29, 1.82) is 0 Å². The average molecular weight is 184 g/mol. The molecule has 0 spiro atoms. The summed E-state index contributed by atoms with van der Waals surface area (Å²) < 4.78 is 5.19. The molecule has 0 radical (unpaired) electrons. The van der Waals surface area contributed by atoms with Crippen molar-refractivity contribution < 1.29 is 14.6 Å². The molecular weight excluding hydrogens is 168 g/mol. The summed E-state index contributed by atoms with van der Waals surface area (Å²) in [5, 5.41) is 8.42. The molecule has 0 heterocycles. The van der Waals surface area contributed by atoms with Crippen LogP contribution in [0.4, 0.5) is 0 Å². The number of carboxylic acid groups (broad SMARTS) is 1. The quantitative estimate of drug-likeness (QED) is 0.682. The van der Waals surface area contributed by atoms with E-state index in [1.807, 2.05) is 6.08 Å². The first kappa shape index (κ1) is 10.3. The lowest BCUT2D eigenvalue weighted by molar-refractivity contribution is -0.143. The van der Waals surface area contributed by atoms with Crippen molar-refractivity contribution in [3.05, 3.63) is 12.2 Å². The molecule has 1 N–H and O–H groups in total. The van der Waals surface area contributed by atoms with E-state index in [1.54, 1.807) is 0 Å². The van der Waals surface area contributed by atoms with Gasteiger partial charge in [0.05, 0.1) is 6.10 Å². The monoisotopic (exact) mass is 184 g/mol. The lowest BCUT2D eigenvalue weighted by Crippen LogP contribution is -2.16. The number of aliphatic carboxylic acids is 1. The Bertz CT molecular complexity index is 187. The van der Waals surface area contributed by atoms with Crippen molar-refractivity contribution in [1.82, 2.24) is 0 Å². The Morgan fingerprint density at radius 3 is 3.08 bits per heavy atom. The summed E-state index contributed by atoms with van der Waals surface area (Å²) in [7, 11) is 0. The summed E-state index contributed by atoms with van der Waals surface area (Å²) in [5.74, 6) is -0.893. The van der Waals surface area contributed by atoms with Crippen molar-refractivity contribution in [2.24, 2.45) is 0 Å². The van der Waals surface area contributed by atoms with Crippen LogP contribution in [-0.4, -0.2) is 23.8 Å². The fourth-order valence-corrected chi connectivity index (χ4v) is 1.45. The van der Waals surface area contributed by atoms with Gasteiger partial charge in [0.15, 0.2) is 0 Å². The fraction of sp³-hybridized carbons (Fsp3) is 0.700. The first-order valence-electron chi connectivity index (χ1n) is 4.79. The average Bonchev–Trinajstić information content (AvgIpc) is 2.01. The van der Waals surface area contributed by atoms with Crippen molar-refractivity contribution >= 4 is 5.97 Å². The Hall–Kier alpha value is -0.830. The van der Waals surface area contributed by atoms with Crippen LogP contribution in [0.3, 0.4) is 0 Å². The van der Waals surface area contributed by atoms with Gasteiger partial charge in [0.25, 0.3) is 0 Å². The Kier molecular flexibility index (Phi) is 4.54. The molecule has 0 aliphatic heterocycles. The Morgan fingerprint density at radius 1 is 1.46 bits per heavy atom. The molecule has 1 aliphatic carbocycles. The number of ether oxygens (including phenoxy) is 1. The minimum absolute atomic E-state index is 0.0106. The van der Waals surface area contributed by atoms with E-state index in [9.17, 15) is 4.79 Å². The van der Waals surface area contributed by atoms with Gasteiger partial charge in [0, 0.05) is 0 Å². The van der Waals surface area contributed by atoms with Crippen LogP contribution >= 0.6 is 0 Å². The van der Waals surface area contributed by atoms with Gasteiger partial charge >= 0.3 is 5.97 Å². The Balaban J connectivity index is 2.28. The van der Waals surface area contributed by atoms with Crippen LogP contribution in [-0.2, 0) is 9.53 Å². The van der Waals surface area contributed by atoms with Crippen molar-refractivity contribution in [2.45, 2.75) is 38.2 Å². The van der Waals surface area contributed by atoms with Crippen LogP contribution in [0.2, 0.25) is 0 Å². The first-order valence-corrected chi connectivity index (χ1v) is 4.79. The summed E-state index contributed by atoms with van der Waals surface area (Å²) in [6, 6.07) is 0. The highest BCUT2D eigenvalue weighted by Gasteiger charge is 2.08. The summed E-state index contributed by atoms with van der Waals surface area (Å²) in [4.78, 5) is 10.2. The molecule has 0 saturated carbocycles. The fourth-order valence-electron chi connectivity index (χ4n) is 1.45. The summed E-state index contributed by atoms with van der Waals surface area (Å²) in [6.45, 7) is -0.186. The van der Waals surface area contributed by atoms with E-state index in [1.165, 1.54) is 12.8 Å². The second-order valence-corrected chi connectivity index (χ2v) is 3.31. The third-order valence-corrected chi connectivity index (χ3v) is 2.13. The zero-order valence-electron chi connectivity index (χ0n) is 7.74. The number of hydrogen-bond acceptors (Lipinski definition) is 2. The highest BCUT2D eigenvalue weighted by atomic mass is 16.5. The molecule has 0 bridgehead atoms. The molecule has 1 atom stereocenters. The maximum Gasteiger partial charge on any atom is 0.329 e. The molecule has 1 unspecified atom stereocenters. The molecule has 0 aromatic carbocycles. The second-order valence-electron chi connectivity index (χ2n) is 3.31. The van der Waals surface area contributed by atoms with Crippen molar-refractivity contribution in [3.8, 4) is 0 Å². The number of hydrogen-bond donors (Lipinski definition) is 1. The summed E-state index contributed by atoms with van der Waals surface area (Å²) in [6.07, 6.45) is 9.72.